The maximum Gasteiger partial charge on any atom is 0.325 e. The van der Waals surface area contributed by atoms with E-state index in [-0.39, 0.29) is 0 Å². The van der Waals surface area contributed by atoms with Crippen LogP contribution in [0.15, 0.2) is 36.0 Å². The molecule has 5 heteroatoms. The van der Waals surface area contributed by atoms with Gasteiger partial charge >= 0.3 is 6.03 Å². The number of anilines is 1. The summed E-state index contributed by atoms with van der Waals surface area (Å²) < 4.78 is 0. The molecule has 0 radical (unpaired) electrons. The lowest BCUT2D eigenvalue weighted by Gasteiger charge is -2.13. The highest BCUT2D eigenvalue weighted by Gasteiger charge is 2.10. The van der Waals surface area contributed by atoms with Crippen molar-refractivity contribution in [1.82, 2.24) is 10.6 Å². The van der Waals surface area contributed by atoms with Crippen molar-refractivity contribution in [2.45, 2.75) is 32.1 Å². The van der Waals surface area contributed by atoms with Crippen molar-refractivity contribution in [2.75, 3.05) is 5.73 Å². The summed E-state index contributed by atoms with van der Waals surface area (Å²) >= 11 is 0. The van der Waals surface area contributed by atoms with Crippen LogP contribution in [0.3, 0.4) is 0 Å². The third kappa shape index (κ3) is 4.12. The number of rotatable bonds is 2. The number of nitrogens with two attached hydrogens (primary N) is 1. The number of hydrogen-bond acceptors (Lipinski definition) is 3. The Labute approximate surface area is 118 Å². The molecule has 3 amide bonds. The molecular formula is C15H19N3O2. The summed E-state index contributed by atoms with van der Waals surface area (Å²) in [6.45, 7) is 0. The van der Waals surface area contributed by atoms with Gasteiger partial charge in [-0.2, -0.15) is 0 Å². The molecule has 0 heterocycles. The van der Waals surface area contributed by atoms with Crippen LogP contribution in [0.4, 0.5) is 10.5 Å². The number of hydrogen-bond donors (Lipinski definition) is 3. The molecule has 0 spiro atoms. The SMILES string of the molecule is Nc1ccc(C(=O)NC(=O)NC=C2CCCCC2)cc1. The summed E-state index contributed by atoms with van der Waals surface area (Å²) in [6.07, 6.45) is 7.33. The average molecular weight is 273 g/mol. The first kappa shape index (κ1) is 14.1. The van der Waals surface area contributed by atoms with Crippen molar-refractivity contribution in [3.05, 3.63) is 41.6 Å². The second-order valence-electron chi connectivity index (χ2n) is 4.91. The first-order valence-corrected chi connectivity index (χ1v) is 6.80. The summed E-state index contributed by atoms with van der Waals surface area (Å²) in [5.41, 5.74) is 7.75. The van der Waals surface area contributed by atoms with Crippen molar-refractivity contribution in [1.29, 1.82) is 0 Å². The van der Waals surface area contributed by atoms with Crippen LogP contribution < -0.4 is 16.4 Å². The second-order valence-corrected chi connectivity index (χ2v) is 4.91. The molecule has 5 nitrogen and oxygen atoms in total. The topological polar surface area (TPSA) is 84.2 Å². The van der Waals surface area contributed by atoms with E-state index in [4.69, 9.17) is 5.73 Å². The minimum absolute atomic E-state index is 0.402. The fourth-order valence-corrected chi connectivity index (χ4v) is 2.16. The Hall–Kier alpha value is -2.30. The molecule has 1 aromatic carbocycles. The van der Waals surface area contributed by atoms with Crippen molar-refractivity contribution >= 4 is 17.6 Å². The van der Waals surface area contributed by atoms with E-state index in [0.717, 1.165) is 12.8 Å². The minimum atomic E-state index is -0.509. The lowest BCUT2D eigenvalue weighted by atomic mass is 9.96. The Morgan fingerprint density at radius 2 is 1.70 bits per heavy atom. The van der Waals surface area contributed by atoms with E-state index in [1.165, 1.54) is 24.8 Å². The molecule has 0 atom stereocenters. The van der Waals surface area contributed by atoms with E-state index < -0.39 is 11.9 Å². The van der Waals surface area contributed by atoms with Crippen molar-refractivity contribution in [3.8, 4) is 0 Å². The lowest BCUT2D eigenvalue weighted by molar-refractivity contribution is 0.0965. The van der Waals surface area contributed by atoms with Crippen molar-refractivity contribution in [3.63, 3.8) is 0 Å². The van der Waals surface area contributed by atoms with Gasteiger partial charge in [-0.15, -0.1) is 0 Å². The van der Waals surface area contributed by atoms with Gasteiger partial charge in [0.05, 0.1) is 0 Å². The predicted octanol–water partition coefficient (Wildman–Crippen LogP) is 2.56. The van der Waals surface area contributed by atoms with E-state index in [1.807, 2.05) is 0 Å². The molecule has 0 bridgehead atoms. The van der Waals surface area contributed by atoms with Gasteiger partial charge in [-0.1, -0.05) is 12.0 Å². The lowest BCUT2D eigenvalue weighted by Crippen LogP contribution is -2.37. The number of nitrogens with one attached hydrogen (secondary N) is 2. The van der Waals surface area contributed by atoms with Gasteiger partial charge in [0.1, 0.15) is 0 Å². The highest BCUT2D eigenvalue weighted by Crippen LogP contribution is 2.21. The van der Waals surface area contributed by atoms with Gasteiger partial charge in [-0.05, 0) is 49.9 Å². The van der Waals surface area contributed by atoms with Gasteiger partial charge < -0.3 is 11.1 Å². The van der Waals surface area contributed by atoms with Crippen LogP contribution in [-0.4, -0.2) is 11.9 Å². The Morgan fingerprint density at radius 1 is 1.05 bits per heavy atom. The summed E-state index contributed by atoms with van der Waals surface area (Å²) in [7, 11) is 0. The van der Waals surface area contributed by atoms with Crippen LogP contribution >= 0.6 is 0 Å². The molecule has 4 N–H and O–H groups in total. The summed E-state index contributed by atoms with van der Waals surface area (Å²) in [4.78, 5) is 23.4. The van der Waals surface area contributed by atoms with E-state index in [2.05, 4.69) is 10.6 Å². The van der Waals surface area contributed by atoms with E-state index in [1.54, 1.807) is 30.5 Å². The Kier molecular flexibility index (Phi) is 4.76. The number of allylic oxidation sites excluding steroid dienone is 1. The Morgan fingerprint density at radius 3 is 2.35 bits per heavy atom. The maximum atomic E-state index is 11.8. The van der Waals surface area contributed by atoms with Gasteiger partial charge in [0.2, 0.25) is 0 Å². The number of imide groups is 1. The summed E-state index contributed by atoms with van der Waals surface area (Å²) in [6, 6.07) is 5.90. The number of amides is 3. The number of urea groups is 1. The third-order valence-electron chi connectivity index (χ3n) is 3.30. The minimum Gasteiger partial charge on any atom is -0.399 e. The first-order valence-electron chi connectivity index (χ1n) is 6.80. The van der Waals surface area contributed by atoms with Gasteiger partial charge in [-0.3, -0.25) is 10.1 Å². The number of nitrogen functional groups attached to an aromatic ring is 1. The molecule has 1 aromatic rings. The van der Waals surface area contributed by atoms with Gasteiger partial charge in [-0.25, -0.2) is 4.79 Å². The number of carbonyl (C=O) groups is 2. The predicted molar refractivity (Wildman–Crippen MR) is 78.0 cm³/mol. The highest BCUT2D eigenvalue weighted by atomic mass is 16.2. The van der Waals surface area contributed by atoms with E-state index >= 15 is 0 Å². The monoisotopic (exact) mass is 273 g/mol. The quantitative estimate of drug-likeness (QED) is 0.724. The maximum absolute atomic E-state index is 11.8. The molecule has 0 saturated heterocycles. The smallest absolute Gasteiger partial charge is 0.325 e. The van der Waals surface area contributed by atoms with Crippen LogP contribution in [-0.2, 0) is 0 Å². The average Bonchev–Trinajstić information content (AvgIpc) is 2.47. The molecule has 1 saturated carbocycles. The van der Waals surface area contributed by atoms with Gasteiger partial charge in [0.25, 0.3) is 5.91 Å². The van der Waals surface area contributed by atoms with Crippen LogP contribution in [0.1, 0.15) is 42.5 Å². The second kappa shape index (κ2) is 6.75. The zero-order chi connectivity index (χ0) is 14.4. The molecule has 1 aliphatic rings. The van der Waals surface area contributed by atoms with Crippen molar-refractivity contribution in [2.24, 2.45) is 0 Å². The van der Waals surface area contributed by atoms with E-state index in [0.29, 0.717) is 11.3 Å². The standard InChI is InChI=1S/C15H19N3O2/c16-13-8-6-12(7-9-13)14(19)18-15(20)17-10-11-4-2-1-3-5-11/h6-10H,1-5,16H2,(H2,17,18,19,20). The van der Waals surface area contributed by atoms with Gasteiger partial charge in [0, 0.05) is 17.5 Å². The summed E-state index contributed by atoms with van der Waals surface area (Å²) in [5.74, 6) is -0.440. The fraction of sp³-hybridized carbons (Fsp3) is 0.333. The van der Waals surface area contributed by atoms with E-state index in [9.17, 15) is 9.59 Å². The normalized spacial score (nSPS) is 14.5. The third-order valence-corrected chi connectivity index (χ3v) is 3.30. The number of carbonyl (C=O) groups excluding carboxylic acids is 2. The molecule has 0 unspecified atom stereocenters. The Bertz CT molecular complexity index is 512. The van der Waals surface area contributed by atoms with Crippen molar-refractivity contribution < 1.29 is 9.59 Å². The zero-order valence-electron chi connectivity index (χ0n) is 11.3. The molecule has 1 aliphatic carbocycles. The molecule has 20 heavy (non-hydrogen) atoms. The molecule has 2 rings (SSSR count). The van der Waals surface area contributed by atoms with Crippen LogP contribution in [0.5, 0.6) is 0 Å². The number of benzene rings is 1. The summed E-state index contributed by atoms with van der Waals surface area (Å²) in [5, 5.41) is 4.89. The highest BCUT2D eigenvalue weighted by molar-refractivity contribution is 6.04. The molecule has 0 aliphatic heterocycles. The molecule has 106 valence electrons. The van der Waals surface area contributed by atoms with Gasteiger partial charge in [0.15, 0.2) is 0 Å². The van der Waals surface area contributed by atoms with Crippen LogP contribution in [0.25, 0.3) is 0 Å². The first-order chi connectivity index (χ1) is 9.65. The van der Waals surface area contributed by atoms with Crippen LogP contribution in [0, 0.1) is 0 Å². The molecular weight excluding hydrogens is 254 g/mol. The fourth-order valence-electron chi connectivity index (χ4n) is 2.16. The molecule has 0 aromatic heterocycles. The Balaban J connectivity index is 1.84. The zero-order valence-corrected chi connectivity index (χ0v) is 11.3. The largest absolute Gasteiger partial charge is 0.399 e. The molecule has 1 fully saturated rings. The van der Waals surface area contributed by atoms with Crippen LogP contribution in [0.2, 0.25) is 0 Å².